The first kappa shape index (κ1) is 9.74. The van der Waals surface area contributed by atoms with Gasteiger partial charge in [0.05, 0.1) is 6.10 Å². The molecule has 1 saturated heterocycles. The van der Waals surface area contributed by atoms with Crippen LogP contribution in [0.4, 0.5) is 0 Å². The molecule has 1 aliphatic rings. The van der Waals surface area contributed by atoms with Crippen molar-refractivity contribution in [1.82, 2.24) is 9.47 Å². The van der Waals surface area contributed by atoms with Crippen LogP contribution in [0, 0.1) is 0 Å². The van der Waals surface area contributed by atoms with E-state index >= 15 is 0 Å². The highest BCUT2D eigenvalue weighted by atomic mass is 16.3. The van der Waals surface area contributed by atoms with E-state index in [9.17, 15) is 5.11 Å². The number of likely N-dealkylation sites (tertiary alicyclic amines) is 1. The van der Waals surface area contributed by atoms with Gasteiger partial charge in [-0.05, 0) is 25.0 Å². The predicted molar refractivity (Wildman–Crippen MR) is 55.9 cm³/mol. The van der Waals surface area contributed by atoms with Crippen LogP contribution in [0.5, 0.6) is 0 Å². The summed E-state index contributed by atoms with van der Waals surface area (Å²) >= 11 is 0. The van der Waals surface area contributed by atoms with Crippen molar-refractivity contribution in [2.75, 3.05) is 13.1 Å². The number of rotatable bonds is 2. The summed E-state index contributed by atoms with van der Waals surface area (Å²) in [7, 11) is 2.08. The maximum absolute atomic E-state index is 9.38. The second-order valence-electron chi connectivity index (χ2n) is 4.12. The first-order chi connectivity index (χ1) is 6.75. The van der Waals surface area contributed by atoms with Crippen LogP contribution in [0.2, 0.25) is 0 Å². The molecule has 2 heterocycles. The Balaban J connectivity index is 1.89. The molecule has 1 aromatic rings. The molecule has 3 heteroatoms. The van der Waals surface area contributed by atoms with Gasteiger partial charge in [-0.1, -0.05) is 0 Å². The predicted octanol–water partition coefficient (Wildman–Crippen LogP) is 0.982. The van der Waals surface area contributed by atoms with Gasteiger partial charge in [0, 0.05) is 38.6 Å². The number of hydrogen-bond acceptors (Lipinski definition) is 2. The van der Waals surface area contributed by atoms with Gasteiger partial charge in [0.15, 0.2) is 0 Å². The standard InChI is InChI=1S/C11H18N2O/c1-12-6-2-3-10(12)9-13-7-4-11(14)5-8-13/h2-3,6,11,14H,4-5,7-9H2,1H3. The van der Waals surface area contributed by atoms with Gasteiger partial charge in [-0.3, -0.25) is 4.90 Å². The normalized spacial score (nSPS) is 20.1. The highest BCUT2D eigenvalue weighted by molar-refractivity contribution is 5.06. The van der Waals surface area contributed by atoms with E-state index in [1.165, 1.54) is 5.69 Å². The van der Waals surface area contributed by atoms with Crippen LogP contribution in [0.15, 0.2) is 18.3 Å². The van der Waals surface area contributed by atoms with Crippen molar-refractivity contribution in [2.24, 2.45) is 7.05 Å². The second-order valence-corrected chi connectivity index (χ2v) is 4.12. The molecule has 0 unspecified atom stereocenters. The van der Waals surface area contributed by atoms with Crippen LogP contribution in [-0.2, 0) is 13.6 Å². The van der Waals surface area contributed by atoms with Crippen molar-refractivity contribution < 1.29 is 5.11 Å². The smallest absolute Gasteiger partial charge is 0.0564 e. The van der Waals surface area contributed by atoms with Gasteiger partial charge in [0.2, 0.25) is 0 Å². The zero-order chi connectivity index (χ0) is 9.97. The molecule has 0 aromatic carbocycles. The Hall–Kier alpha value is -0.800. The zero-order valence-electron chi connectivity index (χ0n) is 8.69. The summed E-state index contributed by atoms with van der Waals surface area (Å²) in [5.74, 6) is 0. The summed E-state index contributed by atoms with van der Waals surface area (Å²) in [6.07, 6.45) is 3.85. The molecule has 2 rings (SSSR count). The van der Waals surface area contributed by atoms with Crippen LogP contribution < -0.4 is 0 Å². The Kier molecular flexibility index (Phi) is 2.89. The van der Waals surface area contributed by atoms with E-state index in [0.29, 0.717) is 0 Å². The summed E-state index contributed by atoms with van der Waals surface area (Å²) in [6.45, 7) is 3.05. The fourth-order valence-electron chi connectivity index (χ4n) is 1.97. The zero-order valence-corrected chi connectivity index (χ0v) is 8.69. The van der Waals surface area contributed by atoms with Crippen molar-refractivity contribution in [3.63, 3.8) is 0 Å². The Morgan fingerprint density at radius 3 is 2.71 bits per heavy atom. The van der Waals surface area contributed by atoms with Crippen LogP contribution >= 0.6 is 0 Å². The van der Waals surface area contributed by atoms with Crippen molar-refractivity contribution in [3.8, 4) is 0 Å². The Bertz CT molecular complexity index is 287. The SMILES string of the molecule is Cn1cccc1CN1CCC(O)CC1. The molecule has 0 bridgehead atoms. The Labute approximate surface area is 85.0 Å². The first-order valence-corrected chi connectivity index (χ1v) is 5.26. The largest absolute Gasteiger partial charge is 0.393 e. The molecule has 1 fully saturated rings. The van der Waals surface area contributed by atoms with Crippen molar-refractivity contribution in [1.29, 1.82) is 0 Å². The van der Waals surface area contributed by atoms with Crippen LogP contribution in [-0.4, -0.2) is 33.8 Å². The molecule has 1 N–H and O–H groups in total. The summed E-state index contributed by atoms with van der Waals surface area (Å²) in [5.41, 5.74) is 1.35. The number of aliphatic hydroxyl groups is 1. The molecule has 0 aliphatic carbocycles. The van der Waals surface area contributed by atoms with Gasteiger partial charge in [0.1, 0.15) is 0 Å². The van der Waals surface area contributed by atoms with Crippen LogP contribution in [0.3, 0.4) is 0 Å². The third-order valence-corrected chi connectivity index (χ3v) is 2.99. The molecule has 14 heavy (non-hydrogen) atoms. The molecule has 78 valence electrons. The fraction of sp³-hybridized carbons (Fsp3) is 0.636. The van der Waals surface area contributed by atoms with E-state index in [4.69, 9.17) is 0 Å². The van der Waals surface area contributed by atoms with E-state index < -0.39 is 0 Å². The topological polar surface area (TPSA) is 28.4 Å². The molecule has 0 atom stereocenters. The number of aliphatic hydroxyl groups excluding tert-OH is 1. The van der Waals surface area contributed by atoms with Crippen molar-refractivity contribution in [3.05, 3.63) is 24.0 Å². The van der Waals surface area contributed by atoms with Crippen molar-refractivity contribution in [2.45, 2.75) is 25.5 Å². The number of nitrogens with zero attached hydrogens (tertiary/aromatic N) is 2. The molecule has 0 spiro atoms. The first-order valence-electron chi connectivity index (χ1n) is 5.26. The minimum Gasteiger partial charge on any atom is -0.393 e. The Morgan fingerprint density at radius 2 is 2.14 bits per heavy atom. The van der Waals surface area contributed by atoms with Crippen molar-refractivity contribution >= 4 is 0 Å². The molecular formula is C11H18N2O. The number of aromatic nitrogens is 1. The summed E-state index contributed by atoms with van der Waals surface area (Å²) in [4.78, 5) is 2.40. The van der Waals surface area contributed by atoms with E-state index in [0.717, 1.165) is 32.5 Å². The average Bonchev–Trinajstić information content (AvgIpc) is 2.56. The monoisotopic (exact) mass is 194 g/mol. The molecule has 0 amide bonds. The molecular weight excluding hydrogens is 176 g/mol. The highest BCUT2D eigenvalue weighted by Gasteiger charge is 2.17. The lowest BCUT2D eigenvalue weighted by Crippen LogP contribution is -2.35. The summed E-state index contributed by atoms with van der Waals surface area (Å²) in [6, 6.07) is 4.24. The van der Waals surface area contributed by atoms with E-state index in [-0.39, 0.29) is 6.10 Å². The minimum absolute atomic E-state index is 0.0698. The maximum atomic E-state index is 9.38. The second kappa shape index (κ2) is 4.15. The van der Waals surface area contributed by atoms with E-state index in [1.54, 1.807) is 0 Å². The highest BCUT2D eigenvalue weighted by Crippen LogP contribution is 2.13. The molecule has 0 radical (unpaired) electrons. The lowest BCUT2D eigenvalue weighted by Gasteiger charge is -2.29. The van der Waals surface area contributed by atoms with Gasteiger partial charge < -0.3 is 9.67 Å². The lowest BCUT2D eigenvalue weighted by molar-refractivity contribution is 0.0783. The quantitative estimate of drug-likeness (QED) is 0.760. The summed E-state index contributed by atoms with van der Waals surface area (Å²) in [5, 5.41) is 9.38. The lowest BCUT2D eigenvalue weighted by atomic mass is 10.1. The number of hydrogen-bond donors (Lipinski definition) is 1. The average molecular weight is 194 g/mol. The maximum Gasteiger partial charge on any atom is 0.0564 e. The summed E-state index contributed by atoms with van der Waals surface area (Å²) < 4.78 is 2.16. The van der Waals surface area contributed by atoms with Crippen LogP contribution in [0.1, 0.15) is 18.5 Å². The van der Waals surface area contributed by atoms with Gasteiger partial charge in [-0.15, -0.1) is 0 Å². The number of piperidine rings is 1. The third-order valence-electron chi connectivity index (χ3n) is 2.99. The van der Waals surface area contributed by atoms with E-state index in [2.05, 4.69) is 34.8 Å². The van der Waals surface area contributed by atoms with Gasteiger partial charge >= 0.3 is 0 Å². The van der Waals surface area contributed by atoms with Gasteiger partial charge in [-0.25, -0.2) is 0 Å². The molecule has 1 aromatic heterocycles. The Morgan fingerprint density at radius 1 is 1.43 bits per heavy atom. The fourth-order valence-corrected chi connectivity index (χ4v) is 1.97. The van der Waals surface area contributed by atoms with Gasteiger partial charge in [-0.2, -0.15) is 0 Å². The minimum atomic E-state index is -0.0698. The van der Waals surface area contributed by atoms with E-state index in [1.807, 2.05) is 0 Å². The molecule has 1 aliphatic heterocycles. The molecule has 0 saturated carbocycles. The third kappa shape index (κ3) is 2.16. The van der Waals surface area contributed by atoms with Gasteiger partial charge in [0.25, 0.3) is 0 Å². The number of aryl methyl sites for hydroxylation is 1. The molecule has 3 nitrogen and oxygen atoms in total. The van der Waals surface area contributed by atoms with Crippen LogP contribution in [0.25, 0.3) is 0 Å².